The molecule has 1 aromatic heterocycles. The number of anilines is 1. The fourth-order valence-electron chi connectivity index (χ4n) is 5.68. The van der Waals surface area contributed by atoms with Crippen LogP contribution in [0.3, 0.4) is 0 Å². The van der Waals surface area contributed by atoms with Gasteiger partial charge in [0, 0.05) is 10.8 Å². The average molecular weight is 468 g/mol. The van der Waals surface area contributed by atoms with Gasteiger partial charge in [-0.05, 0) is 50.2 Å². The number of hydrogen-bond acceptors (Lipinski definition) is 5. The summed E-state index contributed by atoms with van der Waals surface area (Å²) in [5, 5.41) is 13.3. The number of esters is 1. The topological polar surface area (TPSA) is 92.7 Å². The predicted molar refractivity (Wildman–Crippen MR) is 127 cm³/mol. The Morgan fingerprint density at radius 2 is 1.73 bits per heavy atom. The molecule has 6 nitrogen and oxygen atoms in total. The van der Waals surface area contributed by atoms with Crippen LogP contribution >= 0.6 is 11.3 Å². The minimum atomic E-state index is -0.932. The van der Waals surface area contributed by atoms with Gasteiger partial charge >= 0.3 is 11.9 Å². The zero-order chi connectivity index (χ0) is 23.9. The van der Waals surface area contributed by atoms with Crippen molar-refractivity contribution in [2.75, 3.05) is 12.4 Å². The molecule has 2 saturated carbocycles. The highest BCUT2D eigenvalue weighted by molar-refractivity contribution is 7.16. The quantitative estimate of drug-likeness (QED) is 0.443. The van der Waals surface area contributed by atoms with E-state index in [1.807, 2.05) is 51.1 Å². The molecular weight excluding hydrogens is 438 g/mol. The molecule has 4 rings (SSSR count). The first kappa shape index (κ1) is 23.2. The van der Waals surface area contributed by atoms with Gasteiger partial charge in [-0.1, -0.05) is 48.4 Å². The number of nitrogens with one attached hydrogen (secondary N) is 1. The van der Waals surface area contributed by atoms with Gasteiger partial charge in [-0.3, -0.25) is 9.59 Å². The number of ether oxygens (including phenoxy) is 1. The molecule has 2 N–H and O–H groups in total. The molecule has 0 spiro atoms. The highest BCUT2D eigenvalue weighted by Crippen LogP contribution is 2.57. The van der Waals surface area contributed by atoms with Gasteiger partial charge in [0.2, 0.25) is 5.91 Å². The SMILES string of the molecule is COC(=O)c1cc([C@H](C)c2ccccc2)sc1NC(=O)[C@H]1[C@H](C(=O)O)[C@H]2CC[C@H]1C2=C(C)C. The monoisotopic (exact) mass is 467 g/mol. The first-order valence-electron chi connectivity index (χ1n) is 11.2. The molecule has 0 aliphatic heterocycles. The second-order valence-corrected chi connectivity index (χ2v) is 10.2. The molecule has 7 heteroatoms. The van der Waals surface area contributed by atoms with Crippen molar-refractivity contribution >= 4 is 34.2 Å². The van der Waals surface area contributed by atoms with Crippen molar-refractivity contribution in [2.24, 2.45) is 23.7 Å². The average Bonchev–Trinajstić information content (AvgIpc) is 3.50. The van der Waals surface area contributed by atoms with E-state index < -0.39 is 23.8 Å². The van der Waals surface area contributed by atoms with E-state index in [-0.39, 0.29) is 23.7 Å². The number of rotatable bonds is 6. The molecule has 2 aliphatic rings. The van der Waals surface area contributed by atoms with E-state index >= 15 is 0 Å². The lowest BCUT2D eigenvalue weighted by Gasteiger charge is -2.26. The minimum absolute atomic E-state index is 0.0248. The Morgan fingerprint density at radius 1 is 1.09 bits per heavy atom. The number of carbonyl (C=O) groups excluding carboxylic acids is 2. The molecule has 0 radical (unpaired) electrons. The van der Waals surface area contributed by atoms with E-state index in [2.05, 4.69) is 5.32 Å². The van der Waals surface area contributed by atoms with E-state index in [0.717, 1.165) is 34.4 Å². The summed E-state index contributed by atoms with van der Waals surface area (Å²) in [6.07, 6.45) is 1.62. The van der Waals surface area contributed by atoms with Gasteiger partial charge in [-0.15, -0.1) is 11.3 Å². The van der Waals surface area contributed by atoms with Crippen LogP contribution in [-0.4, -0.2) is 30.1 Å². The summed E-state index contributed by atoms with van der Waals surface area (Å²) in [6, 6.07) is 11.7. The zero-order valence-electron chi connectivity index (χ0n) is 19.3. The Morgan fingerprint density at radius 3 is 2.30 bits per heavy atom. The Labute approximate surface area is 197 Å². The Kier molecular flexibility index (Phi) is 6.43. The molecule has 0 saturated heterocycles. The summed E-state index contributed by atoms with van der Waals surface area (Å²) < 4.78 is 4.95. The van der Waals surface area contributed by atoms with Crippen LogP contribution in [0.5, 0.6) is 0 Å². The summed E-state index contributed by atoms with van der Waals surface area (Å²) in [5.41, 5.74) is 3.63. The Balaban J connectivity index is 1.66. The van der Waals surface area contributed by atoms with Crippen LogP contribution in [0.25, 0.3) is 0 Å². The summed E-state index contributed by atoms with van der Waals surface area (Å²) in [7, 11) is 1.31. The van der Waals surface area contributed by atoms with Gasteiger partial charge in [-0.25, -0.2) is 4.79 Å². The van der Waals surface area contributed by atoms with Crippen molar-refractivity contribution in [1.29, 1.82) is 0 Å². The number of hydrogen-bond donors (Lipinski definition) is 2. The first-order valence-corrected chi connectivity index (χ1v) is 12.0. The van der Waals surface area contributed by atoms with E-state index in [1.165, 1.54) is 18.4 Å². The maximum Gasteiger partial charge on any atom is 0.340 e. The van der Waals surface area contributed by atoms with Crippen molar-refractivity contribution in [3.05, 3.63) is 63.5 Å². The molecule has 1 heterocycles. The number of carboxylic acids is 1. The van der Waals surface area contributed by atoms with Gasteiger partial charge in [0.25, 0.3) is 0 Å². The van der Waals surface area contributed by atoms with Gasteiger partial charge in [0.05, 0.1) is 24.5 Å². The highest BCUT2D eigenvalue weighted by atomic mass is 32.1. The number of allylic oxidation sites excluding steroid dienone is 2. The molecule has 2 aliphatic carbocycles. The second-order valence-electron chi connectivity index (χ2n) is 9.14. The highest BCUT2D eigenvalue weighted by Gasteiger charge is 2.57. The smallest absolute Gasteiger partial charge is 0.340 e. The maximum atomic E-state index is 13.5. The number of thiophene rings is 1. The second kappa shape index (κ2) is 9.14. The number of carbonyl (C=O) groups is 3. The van der Waals surface area contributed by atoms with Crippen molar-refractivity contribution in [1.82, 2.24) is 0 Å². The number of carboxylic acid groups (broad SMARTS) is 1. The number of methoxy groups -OCH3 is 1. The first-order chi connectivity index (χ1) is 15.7. The fraction of sp³-hybridized carbons (Fsp3) is 0.423. The lowest BCUT2D eigenvalue weighted by atomic mass is 9.79. The summed E-state index contributed by atoms with van der Waals surface area (Å²) >= 11 is 1.34. The van der Waals surface area contributed by atoms with E-state index in [9.17, 15) is 19.5 Å². The number of fused-ring (bicyclic) bond motifs is 2. The van der Waals surface area contributed by atoms with Crippen LogP contribution < -0.4 is 5.32 Å². The lowest BCUT2D eigenvalue weighted by molar-refractivity contribution is -0.148. The third kappa shape index (κ3) is 4.10. The molecule has 33 heavy (non-hydrogen) atoms. The number of amides is 1. The summed E-state index contributed by atoms with van der Waals surface area (Å²) in [5.74, 6) is -3.31. The molecule has 5 atom stereocenters. The minimum Gasteiger partial charge on any atom is -0.481 e. The van der Waals surface area contributed by atoms with Crippen molar-refractivity contribution in [3.8, 4) is 0 Å². The lowest BCUT2D eigenvalue weighted by Crippen LogP contribution is -2.37. The molecule has 1 aromatic carbocycles. The molecule has 2 fully saturated rings. The zero-order valence-corrected chi connectivity index (χ0v) is 20.1. The normalized spacial score (nSPS) is 24.4. The third-order valence-electron chi connectivity index (χ3n) is 7.13. The van der Waals surface area contributed by atoms with E-state index in [0.29, 0.717) is 10.6 Å². The molecule has 0 unspecified atom stereocenters. The van der Waals surface area contributed by atoms with Gasteiger partial charge in [0.1, 0.15) is 5.00 Å². The molecule has 174 valence electrons. The Bertz CT molecular complexity index is 1110. The van der Waals surface area contributed by atoms with Gasteiger partial charge in [0.15, 0.2) is 0 Å². The summed E-state index contributed by atoms with van der Waals surface area (Å²) in [4.78, 5) is 39.0. The van der Waals surface area contributed by atoms with Crippen LogP contribution in [0.1, 0.15) is 60.3 Å². The number of benzene rings is 1. The molecular formula is C26H29NO5S. The van der Waals surface area contributed by atoms with Crippen LogP contribution in [0.2, 0.25) is 0 Å². The van der Waals surface area contributed by atoms with Crippen molar-refractivity contribution in [2.45, 2.75) is 39.5 Å². The molecule has 1 amide bonds. The van der Waals surface area contributed by atoms with Crippen LogP contribution in [0.4, 0.5) is 5.00 Å². The van der Waals surface area contributed by atoms with Crippen LogP contribution in [-0.2, 0) is 14.3 Å². The largest absolute Gasteiger partial charge is 0.481 e. The maximum absolute atomic E-state index is 13.5. The Hall–Kier alpha value is -2.93. The van der Waals surface area contributed by atoms with Gasteiger partial charge in [-0.2, -0.15) is 0 Å². The van der Waals surface area contributed by atoms with Gasteiger partial charge < -0.3 is 15.2 Å². The number of aliphatic carboxylic acids is 1. The molecule has 2 bridgehead atoms. The standard InChI is InChI=1S/C26H29NO5S/c1-13(2)20-16-10-11-17(20)22(25(29)30)21(16)23(28)27-24-18(26(31)32-4)12-19(33-24)14(3)15-8-6-5-7-9-15/h5-9,12,14,16-17,21-22H,10-11H2,1-4H3,(H,27,28)(H,29,30)/t14-,16+,17+,21-,22-/m1/s1. The fourth-order valence-corrected chi connectivity index (χ4v) is 6.81. The third-order valence-corrected chi connectivity index (χ3v) is 8.36. The van der Waals surface area contributed by atoms with Crippen molar-refractivity contribution in [3.63, 3.8) is 0 Å². The predicted octanol–water partition coefficient (Wildman–Crippen LogP) is 5.32. The van der Waals surface area contributed by atoms with Crippen LogP contribution in [0, 0.1) is 23.7 Å². The van der Waals surface area contributed by atoms with E-state index in [1.54, 1.807) is 6.07 Å². The van der Waals surface area contributed by atoms with Crippen molar-refractivity contribution < 1.29 is 24.2 Å². The van der Waals surface area contributed by atoms with E-state index in [4.69, 9.17) is 4.74 Å². The summed E-state index contributed by atoms with van der Waals surface area (Å²) in [6.45, 7) is 6.03. The molecule has 2 aromatic rings. The van der Waals surface area contributed by atoms with Crippen LogP contribution in [0.15, 0.2) is 47.5 Å².